The van der Waals surface area contributed by atoms with Gasteiger partial charge in [-0.2, -0.15) is 0 Å². The Morgan fingerprint density at radius 3 is 2.47 bits per heavy atom. The maximum atomic E-state index is 5.63. The van der Waals surface area contributed by atoms with Gasteiger partial charge in [-0.15, -0.1) is 0 Å². The molecule has 90 valence electrons. The number of nitrogens with one attached hydrogen (secondary N) is 2. The van der Waals surface area contributed by atoms with Crippen LogP contribution in [0.25, 0.3) is 0 Å². The minimum atomic E-state index is -0.208. The zero-order valence-corrected chi connectivity index (χ0v) is 10.6. The van der Waals surface area contributed by atoms with Gasteiger partial charge in [0.25, 0.3) is 0 Å². The van der Waals surface area contributed by atoms with Crippen LogP contribution >= 0.6 is 12.2 Å². The number of hydrogen-bond acceptors (Lipinski definition) is 4. The first-order valence-electron chi connectivity index (χ1n) is 5.24. The lowest BCUT2D eigenvalue weighted by molar-refractivity contribution is 0.660. The molecule has 0 radical (unpaired) electrons. The van der Waals surface area contributed by atoms with Gasteiger partial charge < -0.3 is 21.3 Å². The van der Waals surface area contributed by atoms with E-state index in [1.807, 2.05) is 43.3 Å². The first-order valence-corrected chi connectivity index (χ1v) is 5.65. The number of nitrogens with two attached hydrogens (primary N) is 1. The molecule has 0 aliphatic carbocycles. The molecule has 17 heavy (non-hydrogen) atoms. The molecule has 1 aromatic rings. The van der Waals surface area contributed by atoms with Crippen LogP contribution in [0.4, 0.5) is 5.69 Å². The summed E-state index contributed by atoms with van der Waals surface area (Å²) >= 11 is 5.04. The van der Waals surface area contributed by atoms with Gasteiger partial charge in [0.2, 0.25) is 0 Å². The van der Waals surface area contributed by atoms with Crippen LogP contribution in [0, 0.1) is 0 Å². The summed E-state index contributed by atoms with van der Waals surface area (Å²) in [4.78, 5) is 6.29. The van der Waals surface area contributed by atoms with Crippen LogP contribution in [-0.2, 0) is 0 Å². The summed E-state index contributed by atoms with van der Waals surface area (Å²) < 4.78 is 0. The van der Waals surface area contributed by atoms with Crippen molar-refractivity contribution in [3.63, 3.8) is 0 Å². The van der Waals surface area contributed by atoms with Crippen molar-refractivity contribution in [2.75, 3.05) is 19.0 Å². The fraction of sp³-hybridized carbons (Fsp3) is 0.273. The number of rotatable bonds is 2. The van der Waals surface area contributed by atoms with Crippen LogP contribution in [0.15, 0.2) is 29.3 Å². The van der Waals surface area contributed by atoms with E-state index in [-0.39, 0.29) is 6.17 Å². The van der Waals surface area contributed by atoms with Crippen LogP contribution in [0.1, 0.15) is 11.7 Å². The highest BCUT2D eigenvalue weighted by Gasteiger charge is 2.16. The third kappa shape index (κ3) is 2.65. The largest absolute Gasteiger partial charge is 0.378 e. The lowest BCUT2D eigenvalue weighted by Crippen LogP contribution is -2.49. The van der Waals surface area contributed by atoms with Crippen molar-refractivity contribution >= 4 is 29.0 Å². The summed E-state index contributed by atoms with van der Waals surface area (Å²) in [6.45, 7) is 0. The number of aliphatic imine (C=N–C) groups is 1. The zero-order chi connectivity index (χ0) is 12.4. The summed E-state index contributed by atoms with van der Waals surface area (Å²) in [5, 5.41) is 6.30. The minimum absolute atomic E-state index is 0.208. The second-order valence-corrected chi connectivity index (χ2v) is 4.41. The molecule has 0 bridgehead atoms. The molecule has 0 spiro atoms. The zero-order valence-electron chi connectivity index (χ0n) is 9.77. The van der Waals surface area contributed by atoms with E-state index in [0.29, 0.717) is 11.1 Å². The van der Waals surface area contributed by atoms with Gasteiger partial charge in [-0.05, 0) is 29.9 Å². The molecular weight excluding hydrogens is 234 g/mol. The summed E-state index contributed by atoms with van der Waals surface area (Å²) in [7, 11) is 4.01. The first kappa shape index (κ1) is 11.7. The van der Waals surface area contributed by atoms with E-state index in [1.165, 1.54) is 0 Å². The van der Waals surface area contributed by atoms with Crippen molar-refractivity contribution in [2.45, 2.75) is 6.17 Å². The molecule has 1 atom stereocenters. The van der Waals surface area contributed by atoms with E-state index in [2.05, 4.69) is 15.6 Å². The van der Waals surface area contributed by atoms with Gasteiger partial charge in [-0.3, -0.25) is 0 Å². The van der Waals surface area contributed by atoms with Crippen LogP contribution in [0.5, 0.6) is 0 Å². The highest BCUT2D eigenvalue weighted by Crippen LogP contribution is 2.19. The fourth-order valence-electron chi connectivity index (χ4n) is 1.59. The topological polar surface area (TPSA) is 65.7 Å². The van der Waals surface area contributed by atoms with Crippen molar-refractivity contribution in [3.8, 4) is 0 Å². The number of anilines is 1. The fourth-order valence-corrected chi connectivity index (χ4v) is 1.81. The smallest absolute Gasteiger partial charge is 0.197 e. The Hall–Kier alpha value is -1.82. The van der Waals surface area contributed by atoms with Crippen molar-refractivity contribution in [2.24, 2.45) is 10.7 Å². The molecule has 1 aliphatic heterocycles. The molecular formula is C11H15N5S. The second-order valence-electron chi connectivity index (χ2n) is 4.00. The Labute approximate surface area is 106 Å². The summed E-state index contributed by atoms with van der Waals surface area (Å²) in [5.74, 6) is 0.343. The van der Waals surface area contributed by atoms with Crippen molar-refractivity contribution in [3.05, 3.63) is 29.8 Å². The molecule has 1 aromatic carbocycles. The highest BCUT2D eigenvalue weighted by molar-refractivity contribution is 7.80. The summed E-state index contributed by atoms with van der Waals surface area (Å²) in [5.41, 5.74) is 7.81. The lowest BCUT2D eigenvalue weighted by Gasteiger charge is -2.23. The maximum Gasteiger partial charge on any atom is 0.197 e. The van der Waals surface area contributed by atoms with Gasteiger partial charge in [0.05, 0.1) is 0 Å². The molecule has 0 unspecified atom stereocenters. The normalized spacial score (nSPS) is 19.1. The van der Waals surface area contributed by atoms with Crippen molar-refractivity contribution in [1.29, 1.82) is 0 Å². The third-order valence-electron chi connectivity index (χ3n) is 2.50. The van der Waals surface area contributed by atoms with Crippen molar-refractivity contribution in [1.82, 2.24) is 10.6 Å². The molecule has 6 heteroatoms. The van der Waals surface area contributed by atoms with Crippen LogP contribution in [0.2, 0.25) is 0 Å². The molecule has 0 saturated carbocycles. The number of benzene rings is 1. The molecule has 4 N–H and O–H groups in total. The number of nitrogens with zero attached hydrogens (tertiary/aromatic N) is 2. The van der Waals surface area contributed by atoms with Gasteiger partial charge in [-0.25, -0.2) is 4.99 Å². The molecule has 5 nitrogen and oxygen atoms in total. The van der Waals surface area contributed by atoms with Crippen LogP contribution < -0.4 is 21.3 Å². The van der Waals surface area contributed by atoms with E-state index < -0.39 is 0 Å². The monoisotopic (exact) mass is 249 g/mol. The minimum Gasteiger partial charge on any atom is -0.378 e. The SMILES string of the molecule is CN(C)c1ccc([C@H]2N=C(N)NC(=S)N2)cc1. The molecule has 2 rings (SSSR count). The molecule has 0 saturated heterocycles. The predicted molar refractivity (Wildman–Crippen MR) is 74.0 cm³/mol. The number of hydrogen-bond donors (Lipinski definition) is 3. The Morgan fingerprint density at radius 1 is 1.29 bits per heavy atom. The van der Waals surface area contributed by atoms with Crippen molar-refractivity contribution < 1.29 is 0 Å². The Balaban J connectivity index is 2.23. The number of thiocarbonyl (C=S) groups is 1. The molecule has 0 aromatic heterocycles. The lowest BCUT2D eigenvalue weighted by atomic mass is 10.1. The van der Waals surface area contributed by atoms with Crippen LogP contribution in [-0.4, -0.2) is 25.2 Å². The molecule has 0 amide bonds. The van der Waals surface area contributed by atoms with Gasteiger partial charge in [0.15, 0.2) is 11.1 Å². The van der Waals surface area contributed by atoms with Gasteiger partial charge in [-0.1, -0.05) is 12.1 Å². The standard InChI is InChI=1S/C11H15N5S/c1-16(2)8-5-3-7(4-6-8)9-13-10(12)15-11(17)14-9/h3-6,9H,1-2H3,(H4,12,13,14,15,17)/t9-/m0/s1. The average molecular weight is 249 g/mol. The van der Waals surface area contributed by atoms with E-state index in [1.54, 1.807) is 0 Å². The predicted octanol–water partition coefficient (Wildman–Crippen LogP) is 0.544. The average Bonchev–Trinajstić information content (AvgIpc) is 2.28. The van der Waals surface area contributed by atoms with Gasteiger partial charge >= 0.3 is 0 Å². The number of guanidine groups is 1. The Kier molecular flexibility index (Phi) is 3.14. The van der Waals surface area contributed by atoms with Gasteiger partial charge in [0, 0.05) is 19.8 Å². The molecule has 1 heterocycles. The van der Waals surface area contributed by atoms with Gasteiger partial charge in [0.1, 0.15) is 6.17 Å². The van der Waals surface area contributed by atoms with Crippen LogP contribution in [0.3, 0.4) is 0 Å². The molecule has 1 aliphatic rings. The second kappa shape index (κ2) is 4.58. The summed E-state index contributed by atoms with van der Waals surface area (Å²) in [6, 6.07) is 8.09. The highest BCUT2D eigenvalue weighted by atomic mass is 32.1. The van der Waals surface area contributed by atoms with E-state index in [4.69, 9.17) is 18.0 Å². The molecule has 0 fully saturated rings. The summed E-state index contributed by atoms with van der Waals surface area (Å²) in [6.07, 6.45) is -0.208. The maximum absolute atomic E-state index is 5.63. The Morgan fingerprint density at radius 2 is 1.94 bits per heavy atom. The van der Waals surface area contributed by atoms with E-state index in [0.717, 1.165) is 11.3 Å². The van der Waals surface area contributed by atoms with E-state index >= 15 is 0 Å². The first-order chi connectivity index (χ1) is 8.06. The van der Waals surface area contributed by atoms with E-state index in [9.17, 15) is 0 Å². The quantitative estimate of drug-likeness (QED) is 0.668. The Bertz CT molecular complexity index is 451. The third-order valence-corrected chi connectivity index (χ3v) is 2.72.